The molecular weight excluding hydrogens is 300 g/mol. The third kappa shape index (κ3) is 2.71. The molecule has 0 aliphatic heterocycles. The number of hydrogen-bond acceptors (Lipinski definition) is 5. The molecule has 0 saturated heterocycles. The molecule has 0 spiro atoms. The van der Waals surface area contributed by atoms with Gasteiger partial charge in [0.15, 0.2) is 5.82 Å². The Kier molecular flexibility index (Phi) is 3.64. The molecule has 2 N–H and O–H groups in total. The van der Waals surface area contributed by atoms with Crippen molar-refractivity contribution in [1.82, 2.24) is 14.2 Å². The van der Waals surface area contributed by atoms with Gasteiger partial charge in [0.05, 0.1) is 4.90 Å². The summed E-state index contributed by atoms with van der Waals surface area (Å²) in [6.07, 6.45) is 0.419. The Morgan fingerprint density at radius 3 is 2.18 bits per heavy atom. The van der Waals surface area contributed by atoms with Crippen LogP contribution in [0.1, 0.15) is 11.4 Å². The van der Waals surface area contributed by atoms with Crippen molar-refractivity contribution in [3.63, 3.8) is 0 Å². The summed E-state index contributed by atoms with van der Waals surface area (Å²) in [6.45, 7) is 0. The highest BCUT2D eigenvalue weighted by atomic mass is 32.2. The Morgan fingerprint density at radius 1 is 0.955 bits per heavy atom. The van der Waals surface area contributed by atoms with Gasteiger partial charge in [-0.15, -0.1) is 9.19 Å². The van der Waals surface area contributed by atoms with Crippen LogP contribution in [0.25, 0.3) is 0 Å². The number of rotatable bonds is 4. The molecule has 112 valence electrons. The molecule has 0 unspecified atom stereocenters. The molecule has 0 bridgehead atoms. The fourth-order valence-electron chi connectivity index (χ4n) is 2.08. The Bertz CT molecular complexity index is 874. The number of nitrogens with zero attached hydrogens (tertiary/aromatic N) is 3. The van der Waals surface area contributed by atoms with Gasteiger partial charge in [-0.2, -0.15) is 13.4 Å². The van der Waals surface area contributed by atoms with Gasteiger partial charge in [0.2, 0.25) is 5.95 Å². The van der Waals surface area contributed by atoms with Crippen LogP contribution in [-0.4, -0.2) is 22.6 Å². The second-order valence-corrected chi connectivity index (χ2v) is 6.48. The molecule has 0 amide bonds. The molecule has 0 aliphatic carbocycles. The number of anilines is 1. The van der Waals surface area contributed by atoms with Crippen molar-refractivity contribution in [2.45, 2.75) is 11.3 Å². The minimum absolute atomic E-state index is 0.123. The van der Waals surface area contributed by atoms with E-state index in [1.54, 1.807) is 18.2 Å². The highest BCUT2D eigenvalue weighted by Crippen LogP contribution is 2.16. The van der Waals surface area contributed by atoms with Gasteiger partial charge < -0.3 is 5.73 Å². The maximum Gasteiger partial charge on any atom is 0.286 e. The summed E-state index contributed by atoms with van der Waals surface area (Å²) < 4.78 is 25.8. The van der Waals surface area contributed by atoms with E-state index in [4.69, 9.17) is 5.73 Å². The molecule has 0 saturated carbocycles. The molecule has 6 nitrogen and oxygen atoms in total. The summed E-state index contributed by atoms with van der Waals surface area (Å²) in [5.74, 6) is 0.220. The minimum Gasteiger partial charge on any atom is -0.367 e. The largest absolute Gasteiger partial charge is 0.367 e. The first-order chi connectivity index (χ1) is 10.6. The van der Waals surface area contributed by atoms with Crippen molar-refractivity contribution in [2.24, 2.45) is 0 Å². The molecule has 7 heteroatoms. The van der Waals surface area contributed by atoms with E-state index in [9.17, 15) is 8.42 Å². The zero-order valence-electron chi connectivity index (χ0n) is 11.6. The van der Waals surface area contributed by atoms with E-state index in [0.29, 0.717) is 12.2 Å². The summed E-state index contributed by atoms with van der Waals surface area (Å²) >= 11 is 0. The average molecular weight is 314 g/mol. The lowest BCUT2D eigenvalue weighted by atomic mass is 10.1. The monoisotopic (exact) mass is 314 g/mol. The molecule has 0 atom stereocenters. The average Bonchev–Trinajstić information content (AvgIpc) is 2.90. The summed E-state index contributed by atoms with van der Waals surface area (Å²) in [6, 6.07) is 17.6. The minimum atomic E-state index is -3.82. The van der Waals surface area contributed by atoms with Crippen LogP contribution in [0.2, 0.25) is 0 Å². The van der Waals surface area contributed by atoms with Gasteiger partial charge in [-0.05, 0) is 17.7 Å². The number of nitrogens with two attached hydrogens (primary N) is 1. The van der Waals surface area contributed by atoms with Crippen molar-refractivity contribution < 1.29 is 8.42 Å². The second-order valence-electron chi connectivity index (χ2n) is 4.71. The van der Waals surface area contributed by atoms with Gasteiger partial charge in [-0.25, -0.2) is 0 Å². The van der Waals surface area contributed by atoms with Crippen molar-refractivity contribution >= 4 is 16.0 Å². The zero-order valence-corrected chi connectivity index (χ0v) is 12.4. The smallest absolute Gasteiger partial charge is 0.286 e. The number of nitrogen functional groups attached to an aromatic ring is 1. The van der Waals surface area contributed by atoms with E-state index in [-0.39, 0.29) is 10.8 Å². The first-order valence-electron chi connectivity index (χ1n) is 6.63. The predicted octanol–water partition coefficient (Wildman–Crippen LogP) is 1.69. The van der Waals surface area contributed by atoms with Gasteiger partial charge in [-0.1, -0.05) is 48.5 Å². The van der Waals surface area contributed by atoms with E-state index in [0.717, 1.165) is 9.65 Å². The lowest BCUT2D eigenvalue weighted by Crippen LogP contribution is -2.17. The van der Waals surface area contributed by atoms with Gasteiger partial charge in [-0.3, -0.25) is 0 Å². The van der Waals surface area contributed by atoms with E-state index in [1.807, 2.05) is 30.3 Å². The van der Waals surface area contributed by atoms with Crippen LogP contribution in [0.5, 0.6) is 0 Å². The maximum absolute atomic E-state index is 12.5. The Morgan fingerprint density at radius 2 is 1.55 bits per heavy atom. The van der Waals surface area contributed by atoms with E-state index in [1.165, 1.54) is 12.1 Å². The lowest BCUT2D eigenvalue weighted by Gasteiger charge is -2.04. The van der Waals surface area contributed by atoms with Crippen LogP contribution >= 0.6 is 0 Å². The van der Waals surface area contributed by atoms with Crippen molar-refractivity contribution in [1.29, 1.82) is 0 Å². The summed E-state index contributed by atoms with van der Waals surface area (Å²) in [5, 5.41) is 4.05. The van der Waals surface area contributed by atoms with Gasteiger partial charge in [0.25, 0.3) is 10.0 Å². The lowest BCUT2D eigenvalue weighted by molar-refractivity contribution is 0.580. The quantitative estimate of drug-likeness (QED) is 0.791. The molecule has 3 aromatic rings. The van der Waals surface area contributed by atoms with Crippen LogP contribution in [0.3, 0.4) is 0 Å². The Labute approximate surface area is 128 Å². The van der Waals surface area contributed by atoms with Crippen LogP contribution in [0, 0.1) is 0 Å². The van der Waals surface area contributed by atoms with Crippen LogP contribution in [-0.2, 0) is 16.4 Å². The van der Waals surface area contributed by atoms with E-state index in [2.05, 4.69) is 10.1 Å². The molecule has 0 radical (unpaired) electrons. The number of hydrogen-bond donors (Lipinski definition) is 1. The van der Waals surface area contributed by atoms with Gasteiger partial charge in [0.1, 0.15) is 0 Å². The number of aromatic nitrogens is 3. The zero-order chi connectivity index (χ0) is 15.6. The van der Waals surface area contributed by atoms with Crippen molar-refractivity contribution in [3.8, 4) is 0 Å². The summed E-state index contributed by atoms with van der Waals surface area (Å²) in [4.78, 5) is 4.17. The van der Waals surface area contributed by atoms with Crippen molar-refractivity contribution in [2.75, 3.05) is 5.73 Å². The third-order valence-electron chi connectivity index (χ3n) is 3.12. The maximum atomic E-state index is 12.5. The molecule has 2 aromatic carbocycles. The van der Waals surface area contributed by atoms with Crippen LogP contribution in [0.4, 0.5) is 5.95 Å². The van der Waals surface area contributed by atoms with Crippen LogP contribution < -0.4 is 5.73 Å². The Balaban J connectivity index is 1.96. The molecule has 1 heterocycles. The summed E-state index contributed by atoms with van der Waals surface area (Å²) in [5.41, 5.74) is 6.71. The molecule has 22 heavy (non-hydrogen) atoms. The third-order valence-corrected chi connectivity index (χ3v) is 4.71. The fourth-order valence-corrected chi connectivity index (χ4v) is 3.27. The SMILES string of the molecule is Nc1nc(Cc2ccccc2)nn1S(=O)(=O)c1ccccc1. The molecule has 0 fully saturated rings. The van der Waals surface area contributed by atoms with E-state index < -0.39 is 10.0 Å². The topological polar surface area (TPSA) is 90.9 Å². The molecular formula is C15H14N4O2S. The standard InChI is InChI=1S/C15H14N4O2S/c16-15-17-14(11-12-7-3-1-4-8-12)18-19(15)22(20,21)13-9-5-2-6-10-13/h1-10H,11H2,(H2,16,17,18). The normalized spacial score (nSPS) is 11.5. The molecule has 0 aliphatic rings. The summed E-state index contributed by atoms with van der Waals surface area (Å²) in [7, 11) is -3.82. The first kappa shape index (κ1) is 14.3. The number of benzene rings is 2. The predicted molar refractivity (Wildman–Crippen MR) is 82.7 cm³/mol. The molecule has 1 aromatic heterocycles. The van der Waals surface area contributed by atoms with Gasteiger partial charge in [0, 0.05) is 6.42 Å². The van der Waals surface area contributed by atoms with Gasteiger partial charge >= 0.3 is 0 Å². The first-order valence-corrected chi connectivity index (χ1v) is 8.07. The second kappa shape index (κ2) is 5.61. The van der Waals surface area contributed by atoms with Crippen LogP contribution in [0.15, 0.2) is 65.6 Å². The highest BCUT2D eigenvalue weighted by Gasteiger charge is 2.22. The Hall–Kier alpha value is -2.67. The van der Waals surface area contributed by atoms with Crippen molar-refractivity contribution in [3.05, 3.63) is 72.1 Å². The molecule has 3 rings (SSSR count). The highest BCUT2D eigenvalue weighted by molar-refractivity contribution is 7.90. The fraction of sp³-hybridized carbons (Fsp3) is 0.0667. The van der Waals surface area contributed by atoms with E-state index >= 15 is 0 Å².